The molecule has 98 valence electrons. The van der Waals surface area contributed by atoms with Crippen molar-refractivity contribution in [3.63, 3.8) is 0 Å². The standard InChI is InChI=1S/C13H18BrN3O/c1-18-10-4-2-3-9(10)15-12-7-11(14)16-13(17-12)8-5-6-8/h7-10H,2-6H2,1H3,(H,15,16,17). The summed E-state index contributed by atoms with van der Waals surface area (Å²) in [5, 5.41) is 3.50. The van der Waals surface area contributed by atoms with E-state index in [1.807, 2.05) is 6.07 Å². The van der Waals surface area contributed by atoms with Gasteiger partial charge in [-0.1, -0.05) is 0 Å². The monoisotopic (exact) mass is 311 g/mol. The number of aromatic nitrogens is 2. The van der Waals surface area contributed by atoms with Crippen molar-refractivity contribution in [2.45, 2.75) is 50.2 Å². The number of halogens is 1. The number of hydrogen-bond donors (Lipinski definition) is 1. The number of nitrogens with zero attached hydrogens (tertiary/aromatic N) is 2. The molecule has 0 amide bonds. The first-order valence-corrected chi connectivity index (χ1v) is 7.39. The van der Waals surface area contributed by atoms with Gasteiger partial charge in [-0.05, 0) is 48.0 Å². The summed E-state index contributed by atoms with van der Waals surface area (Å²) < 4.78 is 6.37. The number of hydrogen-bond acceptors (Lipinski definition) is 4. The van der Waals surface area contributed by atoms with Gasteiger partial charge in [0.15, 0.2) is 0 Å². The molecule has 0 radical (unpaired) electrons. The largest absolute Gasteiger partial charge is 0.379 e. The van der Waals surface area contributed by atoms with Crippen molar-refractivity contribution < 1.29 is 4.74 Å². The summed E-state index contributed by atoms with van der Waals surface area (Å²) in [6.07, 6.45) is 6.26. The molecular formula is C13H18BrN3O. The first-order chi connectivity index (χ1) is 8.76. The lowest BCUT2D eigenvalue weighted by atomic mass is 10.2. The fourth-order valence-electron chi connectivity index (χ4n) is 2.60. The van der Waals surface area contributed by atoms with Crippen LogP contribution in [0.3, 0.4) is 0 Å². The number of methoxy groups -OCH3 is 1. The summed E-state index contributed by atoms with van der Waals surface area (Å²) in [6, 6.07) is 2.33. The average Bonchev–Trinajstić information content (AvgIpc) is 3.10. The van der Waals surface area contributed by atoms with Crippen LogP contribution in [0.2, 0.25) is 0 Å². The first-order valence-electron chi connectivity index (χ1n) is 6.60. The van der Waals surface area contributed by atoms with Gasteiger partial charge >= 0.3 is 0 Å². The molecule has 1 aromatic heterocycles. The van der Waals surface area contributed by atoms with Crippen LogP contribution in [0.5, 0.6) is 0 Å². The van der Waals surface area contributed by atoms with Crippen molar-refractivity contribution in [2.24, 2.45) is 0 Å². The second-order valence-corrected chi connectivity index (χ2v) is 5.98. The van der Waals surface area contributed by atoms with E-state index in [9.17, 15) is 0 Å². The maximum atomic E-state index is 5.50. The topological polar surface area (TPSA) is 47.0 Å². The highest BCUT2D eigenvalue weighted by atomic mass is 79.9. The van der Waals surface area contributed by atoms with Crippen LogP contribution in [-0.2, 0) is 4.74 Å². The molecule has 0 saturated heterocycles. The lowest BCUT2D eigenvalue weighted by Gasteiger charge is -2.20. The van der Waals surface area contributed by atoms with Crippen molar-refractivity contribution in [2.75, 3.05) is 12.4 Å². The van der Waals surface area contributed by atoms with Gasteiger partial charge in [0.2, 0.25) is 0 Å². The predicted molar refractivity (Wildman–Crippen MR) is 73.8 cm³/mol. The Kier molecular flexibility index (Phi) is 3.52. The average molecular weight is 312 g/mol. The number of ether oxygens (including phenoxy) is 1. The van der Waals surface area contributed by atoms with Gasteiger partial charge in [0, 0.05) is 19.1 Å². The predicted octanol–water partition coefficient (Wildman–Crippen LogP) is 3.10. The van der Waals surface area contributed by atoms with Crippen LogP contribution in [0.25, 0.3) is 0 Å². The first kappa shape index (κ1) is 12.4. The summed E-state index contributed by atoms with van der Waals surface area (Å²) >= 11 is 3.47. The van der Waals surface area contributed by atoms with E-state index in [4.69, 9.17) is 4.74 Å². The van der Waals surface area contributed by atoms with Gasteiger partial charge in [0.05, 0.1) is 12.1 Å². The molecule has 5 heteroatoms. The summed E-state index contributed by atoms with van der Waals surface area (Å²) in [4.78, 5) is 9.06. The van der Waals surface area contributed by atoms with Crippen LogP contribution in [0.1, 0.15) is 43.8 Å². The van der Waals surface area contributed by atoms with Gasteiger partial charge in [0.1, 0.15) is 16.2 Å². The molecule has 2 aliphatic carbocycles. The molecule has 2 fully saturated rings. The van der Waals surface area contributed by atoms with Crippen LogP contribution in [-0.4, -0.2) is 29.2 Å². The van der Waals surface area contributed by atoms with E-state index < -0.39 is 0 Å². The van der Waals surface area contributed by atoms with Gasteiger partial charge in [-0.3, -0.25) is 0 Å². The number of rotatable bonds is 4. The zero-order valence-corrected chi connectivity index (χ0v) is 12.1. The minimum atomic E-state index is 0.308. The summed E-state index contributed by atoms with van der Waals surface area (Å²) in [5.41, 5.74) is 0. The number of nitrogens with one attached hydrogen (secondary N) is 1. The van der Waals surface area contributed by atoms with E-state index in [2.05, 4.69) is 31.2 Å². The quantitative estimate of drug-likeness (QED) is 0.868. The van der Waals surface area contributed by atoms with Crippen molar-refractivity contribution in [1.29, 1.82) is 0 Å². The fraction of sp³-hybridized carbons (Fsp3) is 0.692. The second kappa shape index (κ2) is 5.13. The highest BCUT2D eigenvalue weighted by Crippen LogP contribution is 2.39. The maximum absolute atomic E-state index is 5.50. The molecule has 0 bridgehead atoms. The molecule has 2 atom stereocenters. The molecular weight excluding hydrogens is 294 g/mol. The summed E-state index contributed by atoms with van der Waals surface area (Å²) in [7, 11) is 1.79. The molecule has 0 aliphatic heterocycles. The van der Waals surface area contributed by atoms with Crippen LogP contribution in [0.15, 0.2) is 10.7 Å². The van der Waals surface area contributed by atoms with Crippen molar-refractivity contribution in [3.8, 4) is 0 Å². The van der Waals surface area contributed by atoms with Gasteiger partial charge in [0.25, 0.3) is 0 Å². The Balaban J connectivity index is 1.75. The number of anilines is 1. The molecule has 3 rings (SSSR count). The molecule has 0 spiro atoms. The SMILES string of the molecule is COC1CCCC1Nc1cc(Br)nc(C2CC2)n1. The van der Waals surface area contributed by atoms with E-state index in [-0.39, 0.29) is 0 Å². The normalized spacial score (nSPS) is 27.4. The Morgan fingerprint density at radius 3 is 2.83 bits per heavy atom. The van der Waals surface area contributed by atoms with Crippen LogP contribution >= 0.6 is 15.9 Å². The third-order valence-corrected chi connectivity index (χ3v) is 4.15. The summed E-state index contributed by atoms with van der Waals surface area (Å²) in [6.45, 7) is 0. The lowest BCUT2D eigenvalue weighted by Crippen LogP contribution is -2.30. The van der Waals surface area contributed by atoms with Crippen molar-refractivity contribution in [1.82, 2.24) is 9.97 Å². The Bertz CT molecular complexity index is 436. The maximum Gasteiger partial charge on any atom is 0.135 e. The van der Waals surface area contributed by atoms with Gasteiger partial charge in [-0.15, -0.1) is 0 Å². The molecule has 1 N–H and O–H groups in total. The summed E-state index contributed by atoms with van der Waals surface area (Å²) in [5.74, 6) is 2.47. The Morgan fingerprint density at radius 2 is 2.11 bits per heavy atom. The Labute approximate surface area is 116 Å². The minimum absolute atomic E-state index is 0.308. The van der Waals surface area contributed by atoms with E-state index in [1.54, 1.807) is 7.11 Å². The molecule has 4 nitrogen and oxygen atoms in total. The lowest BCUT2D eigenvalue weighted by molar-refractivity contribution is 0.101. The fourth-order valence-corrected chi connectivity index (χ4v) is 2.99. The zero-order chi connectivity index (χ0) is 12.5. The van der Waals surface area contributed by atoms with E-state index >= 15 is 0 Å². The third-order valence-electron chi connectivity index (χ3n) is 3.74. The molecule has 1 heterocycles. The third kappa shape index (κ3) is 2.67. The zero-order valence-electron chi connectivity index (χ0n) is 10.5. The van der Waals surface area contributed by atoms with E-state index in [0.717, 1.165) is 29.1 Å². The highest BCUT2D eigenvalue weighted by Gasteiger charge is 2.29. The van der Waals surface area contributed by atoms with Crippen LogP contribution < -0.4 is 5.32 Å². The Hall–Kier alpha value is -0.680. The van der Waals surface area contributed by atoms with E-state index in [1.165, 1.54) is 19.3 Å². The minimum Gasteiger partial charge on any atom is -0.379 e. The smallest absolute Gasteiger partial charge is 0.135 e. The molecule has 2 saturated carbocycles. The van der Waals surface area contributed by atoms with Crippen molar-refractivity contribution in [3.05, 3.63) is 16.5 Å². The van der Waals surface area contributed by atoms with Crippen LogP contribution in [0.4, 0.5) is 5.82 Å². The molecule has 18 heavy (non-hydrogen) atoms. The van der Waals surface area contributed by atoms with Gasteiger partial charge < -0.3 is 10.1 Å². The van der Waals surface area contributed by atoms with Gasteiger partial charge in [-0.2, -0.15) is 0 Å². The molecule has 0 aromatic carbocycles. The molecule has 2 unspecified atom stereocenters. The van der Waals surface area contributed by atoms with Gasteiger partial charge in [-0.25, -0.2) is 9.97 Å². The second-order valence-electron chi connectivity index (χ2n) is 5.16. The van der Waals surface area contributed by atoms with Crippen LogP contribution in [0, 0.1) is 0 Å². The molecule has 1 aromatic rings. The molecule has 2 aliphatic rings. The van der Waals surface area contributed by atoms with E-state index in [0.29, 0.717) is 18.1 Å². The Morgan fingerprint density at radius 1 is 1.28 bits per heavy atom. The highest BCUT2D eigenvalue weighted by molar-refractivity contribution is 9.10. The van der Waals surface area contributed by atoms with Crippen molar-refractivity contribution >= 4 is 21.7 Å².